The van der Waals surface area contributed by atoms with Crippen molar-refractivity contribution in [1.82, 2.24) is 0 Å². The Labute approximate surface area is 115 Å². The third kappa shape index (κ3) is 2.79. The van der Waals surface area contributed by atoms with Crippen LogP contribution in [0.15, 0.2) is 44.1 Å². The van der Waals surface area contributed by atoms with Crippen LogP contribution in [0.4, 0.5) is 5.69 Å². The van der Waals surface area contributed by atoms with Gasteiger partial charge in [-0.25, -0.2) is 0 Å². The standard InChI is InChI=1S/C12H9Br2NO2/c1-7-6-8(2-3-10(7)13)15-12(16)9-4-5-17-11(9)14/h2-6H,1H3,(H,15,16). The molecule has 88 valence electrons. The summed E-state index contributed by atoms with van der Waals surface area (Å²) in [5, 5.41) is 2.80. The molecule has 1 amide bonds. The molecule has 2 rings (SSSR count). The van der Waals surface area contributed by atoms with Gasteiger partial charge in [0.2, 0.25) is 0 Å². The average Bonchev–Trinajstić information content (AvgIpc) is 2.70. The molecule has 1 aromatic heterocycles. The normalized spacial score (nSPS) is 10.3. The Morgan fingerprint density at radius 2 is 2.06 bits per heavy atom. The maximum atomic E-state index is 11.9. The van der Waals surface area contributed by atoms with E-state index in [9.17, 15) is 4.79 Å². The second kappa shape index (κ2) is 5.06. The second-order valence-electron chi connectivity index (χ2n) is 3.53. The summed E-state index contributed by atoms with van der Waals surface area (Å²) < 4.78 is 6.46. The van der Waals surface area contributed by atoms with Gasteiger partial charge in [-0.3, -0.25) is 4.79 Å². The highest BCUT2D eigenvalue weighted by atomic mass is 79.9. The van der Waals surface area contributed by atoms with Crippen LogP contribution in [0.1, 0.15) is 15.9 Å². The maximum Gasteiger partial charge on any atom is 0.260 e. The van der Waals surface area contributed by atoms with Gasteiger partial charge in [-0.1, -0.05) is 15.9 Å². The van der Waals surface area contributed by atoms with Crippen molar-refractivity contribution in [2.45, 2.75) is 6.92 Å². The van der Waals surface area contributed by atoms with Crippen molar-refractivity contribution in [3.63, 3.8) is 0 Å². The van der Waals surface area contributed by atoms with E-state index in [-0.39, 0.29) is 5.91 Å². The van der Waals surface area contributed by atoms with Crippen LogP contribution in [-0.4, -0.2) is 5.91 Å². The average molecular weight is 359 g/mol. The summed E-state index contributed by atoms with van der Waals surface area (Å²) >= 11 is 6.58. The van der Waals surface area contributed by atoms with Gasteiger partial charge in [0.25, 0.3) is 5.91 Å². The van der Waals surface area contributed by atoms with E-state index in [1.54, 1.807) is 6.07 Å². The number of aryl methyl sites for hydroxylation is 1. The zero-order valence-corrected chi connectivity index (χ0v) is 12.1. The number of amides is 1. The van der Waals surface area contributed by atoms with Crippen LogP contribution in [0.25, 0.3) is 0 Å². The molecule has 0 atom stereocenters. The number of rotatable bonds is 2. The van der Waals surface area contributed by atoms with Gasteiger partial charge in [-0.05, 0) is 52.7 Å². The largest absolute Gasteiger partial charge is 0.457 e. The third-order valence-corrected chi connectivity index (χ3v) is 3.78. The first-order valence-electron chi connectivity index (χ1n) is 4.88. The van der Waals surface area contributed by atoms with Crippen molar-refractivity contribution >= 4 is 43.5 Å². The molecular weight excluding hydrogens is 350 g/mol. The van der Waals surface area contributed by atoms with E-state index >= 15 is 0 Å². The molecule has 0 bridgehead atoms. The number of furan rings is 1. The van der Waals surface area contributed by atoms with Crippen molar-refractivity contribution in [3.8, 4) is 0 Å². The molecule has 0 aliphatic heterocycles. The molecule has 0 fully saturated rings. The fourth-order valence-electron chi connectivity index (χ4n) is 1.38. The number of anilines is 1. The summed E-state index contributed by atoms with van der Waals surface area (Å²) in [6.45, 7) is 1.97. The van der Waals surface area contributed by atoms with Crippen molar-refractivity contribution in [2.75, 3.05) is 5.32 Å². The van der Waals surface area contributed by atoms with E-state index in [4.69, 9.17) is 4.42 Å². The summed E-state index contributed by atoms with van der Waals surface area (Å²) in [4.78, 5) is 11.9. The zero-order valence-electron chi connectivity index (χ0n) is 8.96. The molecule has 5 heteroatoms. The van der Waals surface area contributed by atoms with Crippen LogP contribution in [-0.2, 0) is 0 Å². The minimum atomic E-state index is -0.202. The van der Waals surface area contributed by atoms with E-state index in [1.165, 1.54) is 6.26 Å². The maximum absolute atomic E-state index is 11.9. The second-order valence-corrected chi connectivity index (χ2v) is 5.10. The van der Waals surface area contributed by atoms with Crippen molar-refractivity contribution < 1.29 is 9.21 Å². The molecule has 0 aliphatic rings. The highest BCUT2D eigenvalue weighted by molar-refractivity contribution is 9.10. The van der Waals surface area contributed by atoms with Crippen molar-refractivity contribution in [3.05, 3.63) is 50.8 Å². The quantitative estimate of drug-likeness (QED) is 0.866. The van der Waals surface area contributed by atoms with E-state index in [0.29, 0.717) is 10.2 Å². The first-order chi connectivity index (χ1) is 8.08. The topological polar surface area (TPSA) is 42.2 Å². The number of carbonyl (C=O) groups is 1. The van der Waals surface area contributed by atoms with Gasteiger partial charge in [-0.15, -0.1) is 0 Å². The molecule has 0 aliphatic carbocycles. The fraction of sp³-hybridized carbons (Fsp3) is 0.0833. The molecule has 0 unspecified atom stereocenters. The Hall–Kier alpha value is -1.07. The summed E-state index contributed by atoms with van der Waals surface area (Å²) in [6, 6.07) is 7.25. The third-order valence-electron chi connectivity index (χ3n) is 2.28. The molecule has 0 saturated heterocycles. The lowest BCUT2D eigenvalue weighted by atomic mass is 10.2. The minimum Gasteiger partial charge on any atom is -0.457 e. The molecule has 0 spiro atoms. The van der Waals surface area contributed by atoms with E-state index in [2.05, 4.69) is 37.2 Å². The van der Waals surface area contributed by atoms with Crippen LogP contribution >= 0.6 is 31.9 Å². The fourth-order valence-corrected chi connectivity index (χ4v) is 2.04. The van der Waals surface area contributed by atoms with Gasteiger partial charge in [0.15, 0.2) is 4.67 Å². The molecule has 2 aromatic rings. The summed E-state index contributed by atoms with van der Waals surface area (Å²) in [5.41, 5.74) is 2.29. The summed E-state index contributed by atoms with van der Waals surface area (Å²) in [5.74, 6) is -0.202. The lowest BCUT2D eigenvalue weighted by molar-refractivity contribution is 0.102. The van der Waals surface area contributed by atoms with E-state index in [1.807, 2.05) is 25.1 Å². The van der Waals surface area contributed by atoms with Gasteiger partial charge in [0, 0.05) is 10.2 Å². The Bertz CT molecular complexity index is 563. The summed E-state index contributed by atoms with van der Waals surface area (Å²) in [6.07, 6.45) is 1.46. The highest BCUT2D eigenvalue weighted by Gasteiger charge is 2.12. The highest BCUT2D eigenvalue weighted by Crippen LogP contribution is 2.22. The minimum absolute atomic E-state index is 0.202. The molecule has 1 heterocycles. The number of nitrogens with one attached hydrogen (secondary N) is 1. The van der Waals surface area contributed by atoms with Crippen LogP contribution in [0.2, 0.25) is 0 Å². The number of halogens is 2. The molecule has 3 nitrogen and oxygen atoms in total. The monoisotopic (exact) mass is 357 g/mol. The number of carbonyl (C=O) groups excluding carboxylic acids is 1. The van der Waals surface area contributed by atoms with Gasteiger partial charge in [0.1, 0.15) is 0 Å². The molecule has 0 saturated carbocycles. The van der Waals surface area contributed by atoms with Crippen molar-refractivity contribution in [1.29, 1.82) is 0 Å². The SMILES string of the molecule is Cc1cc(NC(=O)c2ccoc2Br)ccc1Br. The molecule has 17 heavy (non-hydrogen) atoms. The Morgan fingerprint density at radius 3 is 2.65 bits per heavy atom. The molecule has 1 N–H and O–H groups in total. The first-order valence-corrected chi connectivity index (χ1v) is 6.47. The van der Waals surface area contributed by atoms with Gasteiger partial charge < -0.3 is 9.73 Å². The number of hydrogen-bond acceptors (Lipinski definition) is 2. The van der Waals surface area contributed by atoms with Gasteiger partial charge in [-0.2, -0.15) is 0 Å². The number of benzene rings is 1. The van der Waals surface area contributed by atoms with E-state index in [0.717, 1.165) is 15.7 Å². The summed E-state index contributed by atoms with van der Waals surface area (Å²) in [7, 11) is 0. The Kier molecular flexibility index (Phi) is 3.69. The van der Waals surface area contributed by atoms with E-state index < -0.39 is 0 Å². The van der Waals surface area contributed by atoms with Crippen LogP contribution in [0.5, 0.6) is 0 Å². The molecule has 1 aromatic carbocycles. The lowest BCUT2D eigenvalue weighted by Crippen LogP contribution is -2.11. The Morgan fingerprint density at radius 1 is 1.29 bits per heavy atom. The van der Waals surface area contributed by atoms with Crippen LogP contribution in [0, 0.1) is 6.92 Å². The first kappa shape index (κ1) is 12.4. The van der Waals surface area contributed by atoms with Gasteiger partial charge >= 0.3 is 0 Å². The Balaban J connectivity index is 2.19. The predicted molar refractivity (Wildman–Crippen MR) is 73.2 cm³/mol. The number of hydrogen-bond donors (Lipinski definition) is 1. The van der Waals surface area contributed by atoms with Crippen molar-refractivity contribution in [2.24, 2.45) is 0 Å². The molecular formula is C12H9Br2NO2. The zero-order chi connectivity index (χ0) is 12.4. The lowest BCUT2D eigenvalue weighted by Gasteiger charge is -2.06. The van der Waals surface area contributed by atoms with Crippen LogP contribution in [0.3, 0.4) is 0 Å². The van der Waals surface area contributed by atoms with Crippen LogP contribution < -0.4 is 5.32 Å². The molecule has 0 radical (unpaired) electrons. The smallest absolute Gasteiger partial charge is 0.260 e. The predicted octanol–water partition coefficient (Wildman–Crippen LogP) is 4.37. The van der Waals surface area contributed by atoms with Gasteiger partial charge in [0.05, 0.1) is 11.8 Å².